The average molecular weight is 301 g/mol. The number of aliphatic hydroxyl groups excluding tert-OH is 1. The Morgan fingerprint density at radius 2 is 1.86 bits per heavy atom. The molecule has 0 spiro atoms. The number of nitrogens with zero attached hydrogens (tertiary/aromatic N) is 2. The lowest BCUT2D eigenvalue weighted by Gasteiger charge is -2.31. The minimum atomic E-state index is -1.08. The van der Waals surface area contributed by atoms with E-state index < -0.39 is 24.1 Å². The summed E-state index contributed by atoms with van der Waals surface area (Å²) >= 11 is 0. The van der Waals surface area contributed by atoms with Crippen molar-refractivity contribution in [2.75, 3.05) is 19.6 Å². The Balaban J connectivity index is 2.48. The lowest BCUT2D eigenvalue weighted by molar-refractivity contribution is -0.141. The van der Waals surface area contributed by atoms with E-state index >= 15 is 0 Å². The lowest BCUT2D eigenvalue weighted by atomic mass is 10.2. The molecule has 0 saturated carbocycles. The van der Waals surface area contributed by atoms with Crippen molar-refractivity contribution >= 4 is 12.0 Å². The van der Waals surface area contributed by atoms with Crippen molar-refractivity contribution in [3.63, 3.8) is 0 Å². The average Bonchev–Trinajstić information content (AvgIpc) is 2.75. The Bertz CT molecular complexity index is 365. The van der Waals surface area contributed by atoms with Gasteiger partial charge in [0, 0.05) is 38.1 Å². The van der Waals surface area contributed by atoms with Gasteiger partial charge in [-0.1, -0.05) is 0 Å². The van der Waals surface area contributed by atoms with Crippen molar-refractivity contribution in [1.29, 1.82) is 0 Å². The van der Waals surface area contributed by atoms with Gasteiger partial charge in [-0.3, -0.25) is 4.90 Å². The van der Waals surface area contributed by atoms with E-state index in [2.05, 4.69) is 37.9 Å². The van der Waals surface area contributed by atoms with Crippen LogP contribution in [0.25, 0.3) is 0 Å². The summed E-state index contributed by atoms with van der Waals surface area (Å²) in [6.07, 6.45) is -0.674. The van der Waals surface area contributed by atoms with Crippen LogP contribution in [0.4, 0.5) is 4.79 Å². The second-order valence-electron chi connectivity index (χ2n) is 6.05. The minimum Gasteiger partial charge on any atom is -0.480 e. The number of β-amino-alcohol motifs (C(OH)–C–C–N with tert-alkyl or cyclic N) is 1. The topological polar surface area (TPSA) is 93.1 Å². The van der Waals surface area contributed by atoms with Crippen LogP contribution in [0.1, 0.15) is 34.1 Å². The molecule has 0 aromatic heterocycles. The third-order valence-corrected chi connectivity index (χ3v) is 3.80. The first-order valence-electron chi connectivity index (χ1n) is 7.45. The summed E-state index contributed by atoms with van der Waals surface area (Å²) in [4.78, 5) is 26.6. The molecule has 21 heavy (non-hydrogen) atoms. The second kappa shape index (κ2) is 7.61. The second-order valence-corrected chi connectivity index (χ2v) is 6.05. The third kappa shape index (κ3) is 4.86. The van der Waals surface area contributed by atoms with Crippen LogP contribution >= 0.6 is 0 Å². The van der Waals surface area contributed by atoms with Crippen LogP contribution in [0.15, 0.2) is 0 Å². The molecular formula is C14H27N3O4. The zero-order valence-electron chi connectivity index (χ0n) is 13.2. The summed E-state index contributed by atoms with van der Waals surface area (Å²) in [5, 5.41) is 21.3. The summed E-state index contributed by atoms with van der Waals surface area (Å²) in [7, 11) is 0. The van der Waals surface area contributed by atoms with Gasteiger partial charge in [-0.25, -0.2) is 9.59 Å². The van der Waals surface area contributed by atoms with Crippen molar-refractivity contribution in [2.45, 2.75) is 58.3 Å². The highest BCUT2D eigenvalue weighted by atomic mass is 16.4. The molecule has 0 aromatic carbocycles. The molecule has 1 heterocycles. The lowest BCUT2D eigenvalue weighted by Crippen LogP contribution is -2.49. The van der Waals surface area contributed by atoms with Gasteiger partial charge in [0.1, 0.15) is 6.04 Å². The Kier molecular flexibility index (Phi) is 6.42. The van der Waals surface area contributed by atoms with Crippen LogP contribution in [0.5, 0.6) is 0 Å². The van der Waals surface area contributed by atoms with Crippen LogP contribution in [-0.4, -0.2) is 75.9 Å². The highest BCUT2D eigenvalue weighted by Gasteiger charge is 2.38. The molecule has 3 N–H and O–H groups in total. The van der Waals surface area contributed by atoms with Crippen LogP contribution in [0.3, 0.4) is 0 Å². The number of amides is 2. The van der Waals surface area contributed by atoms with E-state index in [9.17, 15) is 14.7 Å². The van der Waals surface area contributed by atoms with E-state index in [1.54, 1.807) is 0 Å². The molecule has 0 bridgehead atoms. The molecule has 7 heteroatoms. The smallest absolute Gasteiger partial charge is 0.326 e. The van der Waals surface area contributed by atoms with E-state index in [1.807, 2.05) is 0 Å². The molecule has 1 aliphatic rings. The molecule has 1 fully saturated rings. The number of hydrogen-bond acceptors (Lipinski definition) is 4. The maximum atomic E-state index is 12.0. The quantitative estimate of drug-likeness (QED) is 0.657. The molecule has 7 nitrogen and oxygen atoms in total. The Hall–Kier alpha value is -1.34. The fourth-order valence-corrected chi connectivity index (χ4v) is 2.78. The number of carbonyl (C=O) groups excluding carboxylic acids is 1. The van der Waals surface area contributed by atoms with Crippen LogP contribution in [0.2, 0.25) is 0 Å². The number of likely N-dealkylation sites (tertiary alicyclic amines) is 1. The Morgan fingerprint density at radius 1 is 1.29 bits per heavy atom. The zero-order valence-corrected chi connectivity index (χ0v) is 13.2. The number of urea groups is 1. The van der Waals surface area contributed by atoms with E-state index in [0.29, 0.717) is 25.2 Å². The summed E-state index contributed by atoms with van der Waals surface area (Å²) < 4.78 is 0. The fourth-order valence-electron chi connectivity index (χ4n) is 2.78. The van der Waals surface area contributed by atoms with E-state index in [-0.39, 0.29) is 13.0 Å². The largest absolute Gasteiger partial charge is 0.480 e. The highest BCUT2D eigenvalue weighted by Crippen LogP contribution is 2.18. The van der Waals surface area contributed by atoms with Gasteiger partial charge >= 0.3 is 12.0 Å². The summed E-state index contributed by atoms with van der Waals surface area (Å²) in [6.45, 7) is 9.61. The van der Waals surface area contributed by atoms with Gasteiger partial charge in [0.2, 0.25) is 0 Å². The van der Waals surface area contributed by atoms with Crippen molar-refractivity contribution < 1.29 is 19.8 Å². The van der Waals surface area contributed by atoms with E-state index in [4.69, 9.17) is 5.11 Å². The number of nitrogens with one attached hydrogen (secondary N) is 1. The molecule has 122 valence electrons. The molecule has 1 aliphatic heterocycles. The molecule has 2 amide bonds. The molecule has 0 radical (unpaired) electrons. The highest BCUT2D eigenvalue weighted by molar-refractivity contribution is 5.83. The maximum Gasteiger partial charge on any atom is 0.326 e. The number of carboxylic acid groups (broad SMARTS) is 1. The van der Waals surface area contributed by atoms with Crippen LogP contribution in [0, 0.1) is 0 Å². The SMILES string of the molecule is CC(C)N(CCNC(=O)N1CC(O)C[C@H]1C(=O)O)C(C)C. The predicted octanol–water partition coefficient (Wildman–Crippen LogP) is 0.335. The monoisotopic (exact) mass is 301 g/mol. The molecule has 0 aromatic rings. The van der Waals surface area contributed by atoms with Gasteiger partial charge < -0.3 is 20.4 Å². The van der Waals surface area contributed by atoms with Gasteiger partial charge in [0.05, 0.1) is 6.10 Å². The molecule has 0 aliphatic carbocycles. The predicted molar refractivity (Wildman–Crippen MR) is 79.1 cm³/mol. The summed E-state index contributed by atoms with van der Waals surface area (Å²) in [6, 6.07) is -0.609. The van der Waals surface area contributed by atoms with E-state index in [1.165, 1.54) is 4.90 Å². The van der Waals surface area contributed by atoms with Crippen molar-refractivity contribution in [2.24, 2.45) is 0 Å². The fraction of sp³-hybridized carbons (Fsp3) is 0.857. The zero-order chi connectivity index (χ0) is 16.2. The molecule has 1 saturated heterocycles. The number of hydrogen-bond donors (Lipinski definition) is 3. The molecule has 1 rings (SSSR count). The van der Waals surface area contributed by atoms with Gasteiger partial charge in [0.15, 0.2) is 0 Å². The van der Waals surface area contributed by atoms with Crippen LogP contribution in [-0.2, 0) is 4.79 Å². The van der Waals surface area contributed by atoms with Crippen LogP contribution < -0.4 is 5.32 Å². The van der Waals surface area contributed by atoms with E-state index in [0.717, 1.165) is 0 Å². The summed E-state index contributed by atoms with van der Waals surface area (Å²) in [5.74, 6) is -1.08. The first-order chi connectivity index (χ1) is 9.73. The number of aliphatic carboxylic acids is 1. The number of aliphatic hydroxyl groups is 1. The summed E-state index contributed by atoms with van der Waals surface area (Å²) in [5.41, 5.74) is 0. The van der Waals surface area contributed by atoms with Gasteiger partial charge in [-0.2, -0.15) is 0 Å². The first kappa shape index (κ1) is 17.7. The number of carbonyl (C=O) groups is 2. The molecule has 1 unspecified atom stereocenters. The Morgan fingerprint density at radius 3 is 2.33 bits per heavy atom. The standard InChI is InChI=1S/C14H27N3O4/c1-9(2)16(10(3)4)6-5-15-14(21)17-8-11(18)7-12(17)13(19)20/h9-12,18H,5-8H2,1-4H3,(H,15,21)(H,19,20)/t11?,12-/m0/s1. The van der Waals surface area contributed by atoms with Crippen molar-refractivity contribution in [3.05, 3.63) is 0 Å². The normalized spacial score (nSPS) is 22.4. The van der Waals surface area contributed by atoms with Gasteiger partial charge in [0.25, 0.3) is 0 Å². The maximum absolute atomic E-state index is 12.0. The van der Waals surface area contributed by atoms with Crippen molar-refractivity contribution in [3.8, 4) is 0 Å². The Labute approximate surface area is 125 Å². The number of carboxylic acids is 1. The van der Waals surface area contributed by atoms with Gasteiger partial charge in [-0.05, 0) is 27.7 Å². The minimum absolute atomic E-state index is 0.0703. The third-order valence-electron chi connectivity index (χ3n) is 3.80. The van der Waals surface area contributed by atoms with Gasteiger partial charge in [-0.15, -0.1) is 0 Å². The molecule has 2 atom stereocenters. The van der Waals surface area contributed by atoms with Crippen molar-refractivity contribution in [1.82, 2.24) is 15.1 Å². The number of rotatable bonds is 6. The molecular weight excluding hydrogens is 274 g/mol. The first-order valence-corrected chi connectivity index (χ1v) is 7.45.